The first kappa shape index (κ1) is 15.6. The molecule has 1 aliphatic heterocycles. The molecule has 2 rings (SSSR count). The van der Waals surface area contributed by atoms with Gasteiger partial charge in [-0.1, -0.05) is 31.5 Å². The highest BCUT2D eigenvalue weighted by molar-refractivity contribution is 6.31. The Balaban J connectivity index is 2.21. The predicted molar refractivity (Wildman–Crippen MR) is 85.6 cm³/mol. The summed E-state index contributed by atoms with van der Waals surface area (Å²) < 4.78 is 5.62. The van der Waals surface area contributed by atoms with Crippen molar-refractivity contribution in [3.05, 3.63) is 28.8 Å². The Hall–Kier alpha value is -0.770. The number of ether oxygens (including phenoxy) is 1. The van der Waals surface area contributed by atoms with E-state index in [1.54, 1.807) is 0 Å². The van der Waals surface area contributed by atoms with Gasteiger partial charge in [0.25, 0.3) is 0 Å². The molecule has 3 nitrogen and oxygen atoms in total. The number of anilines is 1. The van der Waals surface area contributed by atoms with Crippen molar-refractivity contribution in [3.8, 4) is 0 Å². The van der Waals surface area contributed by atoms with Crippen LogP contribution in [0.1, 0.15) is 25.8 Å². The van der Waals surface area contributed by atoms with Crippen LogP contribution in [0.4, 0.5) is 5.69 Å². The highest BCUT2D eigenvalue weighted by atomic mass is 35.5. The van der Waals surface area contributed by atoms with Crippen molar-refractivity contribution < 1.29 is 4.74 Å². The lowest BCUT2D eigenvalue weighted by molar-refractivity contribution is 0.0498. The summed E-state index contributed by atoms with van der Waals surface area (Å²) in [4.78, 5) is 2.41. The summed E-state index contributed by atoms with van der Waals surface area (Å²) >= 11 is 6.39. The minimum absolute atomic E-state index is 0.301. The number of hydrogen-bond donors (Lipinski definition) is 1. The monoisotopic (exact) mass is 296 g/mol. The molecular formula is C16H25ClN2O. The van der Waals surface area contributed by atoms with Crippen molar-refractivity contribution in [2.45, 2.75) is 32.9 Å². The average molecular weight is 297 g/mol. The number of nitrogens with zero attached hydrogens (tertiary/aromatic N) is 1. The lowest BCUT2D eigenvalue weighted by Gasteiger charge is -2.38. The van der Waals surface area contributed by atoms with Gasteiger partial charge in [0.2, 0.25) is 0 Å². The molecule has 1 N–H and O–H groups in total. The first-order valence-corrected chi connectivity index (χ1v) is 7.81. The maximum atomic E-state index is 6.39. The van der Waals surface area contributed by atoms with Crippen LogP contribution in [0.25, 0.3) is 0 Å². The molecule has 4 heteroatoms. The van der Waals surface area contributed by atoms with Gasteiger partial charge in [-0.3, -0.25) is 0 Å². The summed E-state index contributed by atoms with van der Waals surface area (Å²) in [6, 6.07) is 6.17. The first-order valence-electron chi connectivity index (χ1n) is 7.43. The van der Waals surface area contributed by atoms with Crippen molar-refractivity contribution in [2.24, 2.45) is 5.92 Å². The lowest BCUT2D eigenvalue weighted by atomic mass is 9.95. The average Bonchev–Trinajstić information content (AvgIpc) is 2.46. The molecule has 1 fully saturated rings. The summed E-state index contributed by atoms with van der Waals surface area (Å²) in [5.74, 6) is 0.618. The van der Waals surface area contributed by atoms with Gasteiger partial charge in [0.1, 0.15) is 0 Å². The molecule has 2 unspecified atom stereocenters. The Morgan fingerprint density at radius 1 is 1.45 bits per heavy atom. The van der Waals surface area contributed by atoms with Crippen molar-refractivity contribution >= 4 is 17.3 Å². The maximum absolute atomic E-state index is 6.39. The fraction of sp³-hybridized carbons (Fsp3) is 0.625. The second-order valence-electron chi connectivity index (χ2n) is 5.50. The number of halogens is 1. The highest BCUT2D eigenvalue weighted by Gasteiger charge is 2.27. The molecule has 112 valence electrons. The van der Waals surface area contributed by atoms with Gasteiger partial charge < -0.3 is 15.0 Å². The van der Waals surface area contributed by atoms with Crippen LogP contribution >= 0.6 is 11.6 Å². The third-order valence-corrected chi connectivity index (χ3v) is 4.53. The van der Waals surface area contributed by atoms with Crippen molar-refractivity contribution in [1.29, 1.82) is 0 Å². The van der Waals surface area contributed by atoms with Crippen LogP contribution in [-0.4, -0.2) is 32.8 Å². The third-order valence-electron chi connectivity index (χ3n) is 4.18. The zero-order valence-electron chi connectivity index (χ0n) is 12.7. The van der Waals surface area contributed by atoms with E-state index in [1.807, 2.05) is 19.2 Å². The molecule has 0 saturated carbocycles. The molecule has 0 aliphatic carbocycles. The molecule has 0 bridgehead atoms. The zero-order valence-corrected chi connectivity index (χ0v) is 13.4. The van der Waals surface area contributed by atoms with Crippen LogP contribution in [0, 0.1) is 5.92 Å². The van der Waals surface area contributed by atoms with Crippen LogP contribution in [0.15, 0.2) is 18.2 Å². The largest absolute Gasteiger partial charge is 0.379 e. The molecule has 1 heterocycles. The minimum atomic E-state index is 0.301. The number of methoxy groups -OCH3 is 1. The van der Waals surface area contributed by atoms with E-state index in [-0.39, 0.29) is 0 Å². The molecule has 2 atom stereocenters. The van der Waals surface area contributed by atoms with Crippen LogP contribution in [-0.2, 0) is 11.3 Å². The van der Waals surface area contributed by atoms with Crippen LogP contribution in [0.2, 0.25) is 5.02 Å². The molecule has 1 aliphatic rings. The number of benzene rings is 1. The van der Waals surface area contributed by atoms with E-state index in [0.717, 1.165) is 37.6 Å². The predicted octanol–water partition coefficient (Wildman–Crippen LogP) is 3.31. The van der Waals surface area contributed by atoms with Gasteiger partial charge in [0.05, 0.1) is 6.10 Å². The topological polar surface area (TPSA) is 24.5 Å². The first-order chi connectivity index (χ1) is 9.67. The van der Waals surface area contributed by atoms with Crippen LogP contribution in [0.5, 0.6) is 0 Å². The number of nitrogens with one attached hydrogen (secondary N) is 1. The van der Waals surface area contributed by atoms with Gasteiger partial charge in [-0.15, -0.1) is 0 Å². The number of piperidine rings is 1. The molecule has 0 amide bonds. The Morgan fingerprint density at radius 2 is 2.25 bits per heavy atom. The third kappa shape index (κ3) is 3.46. The Kier molecular flexibility index (Phi) is 5.70. The lowest BCUT2D eigenvalue weighted by Crippen LogP contribution is -2.44. The molecular weight excluding hydrogens is 272 g/mol. The SMILES string of the molecule is CCNCc1c(Cl)cccc1N1CCC(C)C(OC)C1. The van der Waals surface area contributed by atoms with Crippen LogP contribution in [0.3, 0.4) is 0 Å². The highest BCUT2D eigenvalue weighted by Crippen LogP contribution is 2.31. The fourth-order valence-corrected chi connectivity index (χ4v) is 3.06. The minimum Gasteiger partial charge on any atom is -0.379 e. The summed E-state index contributed by atoms with van der Waals surface area (Å²) in [5.41, 5.74) is 2.44. The van der Waals surface area contributed by atoms with E-state index in [2.05, 4.69) is 30.1 Å². The van der Waals surface area contributed by atoms with E-state index in [0.29, 0.717) is 12.0 Å². The molecule has 0 aromatic heterocycles. The van der Waals surface area contributed by atoms with Gasteiger partial charge in [-0.25, -0.2) is 0 Å². The van der Waals surface area contributed by atoms with Crippen molar-refractivity contribution in [1.82, 2.24) is 5.32 Å². The van der Waals surface area contributed by atoms with Gasteiger partial charge in [0, 0.05) is 43.0 Å². The second-order valence-corrected chi connectivity index (χ2v) is 5.91. The summed E-state index contributed by atoms with van der Waals surface area (Å²) in [6.45, 7) is 8.15. The van der Waals surface area contributed by atoms with Gasteiger partial charge in [0.15, 0.2) is 0 Å². The smallest absolute Gasteiger partial charge is 0.0772 e. The van der Waals surface area contributed by atoms with E-state index < -0.39 is 0 Å². The Bertz CT molecular complexity index is 438. The molecule has 1 aromatic rings. The quantitative estimate of drug-likeness (QED) is 0.902. The Morgan fingerprint density at radius 3 is 2.95 bits per heavy atom. The molecule has 0 radical (unpaired) electrons. The molecule has 20 heavy (non-hydrogen) atoms. The maximum Gasteiger partial charge on any atom is 0.0772 e. The molecule has 1 saturated heterocycles. The standard InChI is InChI=1S/C16H25ClN2O/c1-4-18-10-13-14(17)6-5-7-15(13)19-9-8-12(2)16(11-19)20-3/h5-7,12,16,18H,4,8-11H2,1-3H3. The van der Waals surface area contributed by atoms with Gasteiger partial charge >= 0.3 is 0 Å². The normalized spacial score (nSPS) is 23.1. The van der Waals surface area contributed by atoms with E-state index in [9.17, 15) is 0 Å². The number of rotatable bonds is 5. The van der Waals surface area contributed by atoms with Gasteiger partial charge in [-0.2, -0.15) is 0 Å². The van der Waals surface area contributed by atoms with E-state index in [1.165, 1.54) is 11.3 Å². The van der Waals surface area contributed by atoms with Crippen LogP contribution < -0.4 is 10.2 Å². The molecule has 1 aromatic carbocycles. The summed E-state index contributed by atoms with van der Waals surface area (Å²) in [5, 5.41) is 4.22. The Labute approximate surface area is 127 Å². The van der Waals surface area contributed by atoms with Crippen molar-refractivity contribution in [3.63, 3.8) is 0 Å². The molecule has 0 spiro atoms. The fourth-order valence-electron chi connectivity index (χ4n) is 2.83. The van der Waals surface area contributed by atoms with Crippen molar-refractivity contribution in [2.75, 3.05) is 31.6 Å². The summed E-state index contributed by atoms with van der Waals surface area (Å²) in [6.07, 6.45) is 1.46. The zero-order chi connectivity index (χ0) is 14.5. The second kappa shape index (κ2) is 7.30. The van der Waals surface area contributed by atoms with Gasteiger partial charge in [-0.05, 0) is 31.0 Å². The van der Waals surface area contributed by atoms with E-state index >= 15 is 0 Å². The van der Waals surface area contributed by atoms with E-state index in [4.69, 9.17) is 16.3 Å². The number of hydrogen-bond acceptors (Lipinski definition) is 3. The summed E-state index contributed by atoms with van der Waals surface area (Å²) in [7, 11) is 1.81.